The molecule has 0 saturated carbocycles. The van der Waals surface area contributed by atoms with Crippen LogP contribution in [-0.4, -0.2) is 61.6 Å². The van der Waals surface area contributed by atoms with E-state index in [4.69, 9.17) is 0 Å². The highest BCUT2D eigenvalue weighted by atomic mass is 32.2. The summed E-state index contributed by atoms with van der Waals surface area (Å²) in [6, 6.07) is 6.52. The van der Waals surface area contributed by atoms with Crippen molar-refractivity contribution in [3.05, 3.63) is 69.8 Å². The molecule has 2 aromatic rings. The number of nitrogens with zero attached hydrogens (tertiary/aromatic N) is 2. The van der Waals surface area contributed by atoms with Gasteiger partial charge in [0.1, 0.15) is 0 Å². The van der Waals surface area contributed by atoms with Crippen molar-refractivity contribution in [2.75, 3.05) is 0 Å². The molecule has 41 heavy (non-hydrogen) atoms. The normalized spacial score (nSPS) is 16.5. The molecule has 20 heteroatoms. The number of hydroxylamine groups is 4. The minimum Gasteiger partial charge on any atom is -0.266 e. The number of hydrogen-bond acceptors (Lipinski definition) is 10. The Morgan fingerprint density at radius 1 is 0.561 bits per heavy atom. The van der Waals surface area contributed by atoms with Crippen molar-refractivity contribution in [2.45, 2.75) is 30.3 Å². The summed E-state index contributed by atoms with van der Waals surface area (Å²) in [5, 5.41) is -1.15. The lowest BCUT2D eigenvalue weighted by molar-refractivity contribution is -0.0755. The first-order valence-corrected chi connectivity index (χ1v) is 13.4. The summed E-state index contributed by atoms with van der Waals surface area (Å²) in [5.41, 5.74) is -14.9. The molecule has 2 aromatic carbocycles. The van der Waals surface area contributed by atoms with Gasteiger partial charge in [0.2, 0.25) is 0 Å². The van der Waals surface area contributed by atoms with Crippen LogP contribution in [0.15, 0.2) is 36.4 Å². The molecule has 0 bridgehead atoms. The molecule has 0 fully saturated rings. The SMILES string of the molecule is CC(C)(c1ccc2c(c1)C(=O)N(OS(=O)(=O)C(F)(F)F)C2=O)c1ccc2c(c1)C(=O)N(OS(=O)(=O)C(F)(F)F)C2=O. The lowest BCUT2D eigenvalue weighted by atomic mass is 9.76. The maximum absolute atomic E-state index is 12.7. The highest BCUT2D eigenvalue weighted by molar-refractivity contribution is 7.87. The summed E-state index contributed by atoms with van der Waals surface area (Å²) in [5.74, 6) is -6.08. The van der Waals surface area contributed by atoms with Gasteiger partial charge in [0, 0.05) is 5.41 Å². The van der Waals surface area contributed by atoms with Crippen molar-refractivity contribution in [3.63, 3.8) is 0 Å². The molecule has 2 aliphatic heterocycles. The maximum atomic E-state index is 12.7. The number of rotatable bonds is 6. The van der Waals surface area contributed by atoms with Gasteiger partial charge in [-0.2, -0.15) is 43.2 Å². The van der Waals surface area contributed by atoms with Crippen LogP contribution in [0, 0.1) is 0 Å². The third-order valence-electron chi connectivity index (χ3n) is 6.05. The van der Waals surface area contributed by atoms with Gasteiger partial charge in [0.15, 0.2) is 0 Å². The second kappa shape index (κ2) is 9.06. The molecular weight excluding hydrogens is 618 g/mol. The average Bonchev–Trinajstić information content (AvgIpc) is 3.22. The smallest absolute Gasteiger partial charge is 0.266 e. The standard InChI is InChI=1S/C21H12F6N2O10S2/c1-19(2,9-3-5-11-13(7-9)17(32)28(15(11)30)38-40(34,35)20(22,23)24)10-4-6-12-14(8-10)18(33)29(16(12)31)39-41(36,37)21(25,26)27/h3-8H,1-2H3. The van der Waals surface area contributed by atoms with Crippen molar-refractivity contribution in [3.8, 4) is 0 Å². The van der Waals surface area contributed by atoms with Gasteiger partial charge >= 0.3 is 31.3 Å². The lowest BCUT2D eigenvalue weighted by Gasteiger charge is -2.27. The number of amides is 4. The summed E-state index contributed by atoms with van der Waals surface area (Å²) in [4.78, 5) is 50.0. The van der Waals surface area contributed by atoms with E-state index in [1.54, 1.807) is 0 Å². The third-order valence-corrected chi connectivity index (χ3v) is 7.88. The fourth-order valence-electron chi connectivity index (χ4n) is 3.80. The molecule has 2 aliphatic rings. The summed E-state index contributed by atoms with van der Waals surface area (Å²) in [7, 11) is -12.8. The van der Waals surface area contributed by atoms with E-state index in [-0.39, 0.29) is 11.1 Å². The predicted molar refractivity (Wildman–Crippen MR) is 118 cm³/mol. The monoisotopic (exact) mass is 630 g/mol. The Kier molecular flexibility index (Phi) is 6.65. The minimum atomic E-state index is -6.38. The van der Waals surface area contributed by atoms with Gasteiger partial charge in [-0.05, 0) is 35.4 Å². The molecule has 4 rings (SSSR count). The van der Waals surface area contributed by atoms with Gasteiger partial charge in [0.05, 0.1) is 22.3 Å². The van der Waals surface area contributed by atoms with Crippen molar-refractivity contribution < 1.29 is 70.9 Å². The summed E-state index contributed by atoms with van der Waals surface area (Å²) < 4.78 is 129. The third kappa shape index (κ3) is 4.75. The highest BCUT2D eigenvalue weighted by Crippen LogP contribution is 2.38. The molecule has 12 nitrogen and oxygen atoms in total. The number of imide groups is 2. The Hall–Kier alpha value is -3.88. The molecule has 2 heterocycles. The van der Waals surface area contributed by atoms with Crippen molar-refractivity contribution in [1.82, 2.24) is 10.1 Å². The zero-order valence-corrected chi connectivity index (χ0v) is 21.7. The fourth-order valence-corrected chi connectivity index (χ4v) is 4.63. The van der Waals surface area contributed by atoms with E-state index in [9.17, 15) is 62.4 Å². The molecule has 0 saturated heterocycles. The molecular formula is C21H12F6N2O10S2. The molecule has 0 atom stereocenters. The number of benzene rings is 2. The van der Waals surface area contributed by atoms with Crippen molar-refractivity contribution in [1.29, 1.82) is 0 Å². The molecule has 0 aromatic heterocycles. The fraction of sp³-hybridized carbons (Fsp3) is 0.238. The Balaban J connectivity index is 1.67. The van der Waals surface area contributed by atoms with E-state index in [1.807, 2.05) is 0 Å². The molecule has 0 N–H and O–H groups in total. The second-order valence-electron chi connectivity index (χ2n) is 8.90. The highest BCUT2D eigenvalue weighted by Gasteiger charge is 2.53. The first-order valence-electron chi connectivity index (χ1n) is 10.6. The number of fused-ring (bicyclic) bond motifs is 2. The zero-order chi connectivity index (χ0) is 31.1. The molecule has 4 amide bonds. The van der Waals surface area contributed by atoms with Crippen LogP contribution in [0.25, 0.3) is 0 Å². The Bertz CT molecular complexity index is 1640. The molecule has 0 spiro atoms. The van der Waals surface area contributed by atoms with E-state index in [2.05, 4.69) is 8.57 Å². The summed E-state index contributed by atoms with van der Waals surface area (Å²) in [6.07, 6.45) is 0. The van der Waals surface area contributed by atoms with Gasteiger partial charge in [-0.15, -0.1) is 18.7 Å². The number of halogens is 6. The van der Waals surface area contributed by atoms with Crippen molar-refractivity contribution >= 4 is 43.9 Å². The van der Waals surface area contributed by atoms with Gasteiger partial charge in [-0.1, -0.05) is 26.0 Å². The van der Waals surface area contributed by atoms with Gasteiger partial charge in [-0.25, -0.2) is 0 Å². The number of carbonyl (C=O) groups excluding carboxylic acids is 4. The molecule has 0 unspecified atom stereocenters. The second-order valence-corrected chi connectivity index (χ2v) is 11.9. The molecule has 0 aliphatic carbocycles. The van der Waals surface area contributed by atoms with Crippen LogP contribution in [0.5, 0.6) is 0 Å². The van der Waals surface area contributed by atoms with E-state index < -0.39 is 92.7 Å². The van der Waals surface area contributed by atoms with Gasteiger partial charge in [-0.3, -0.25) is 19.2 Å². The van der Waals surface area contributed by atoms with Crippen LogP contribution >= 0.6 is 0 Å². The summed E-state index contributed by atoms with van der Waals surface area (Å²) in [6.45, 7) is 2.95. The predicted octanol–water partition coefficient (Wildman–Crippen LogP) is 2.77. The summed E-state index contributed by atoms with van der Waals surface area (Å²) >= 11 is 0. The maximum Gasteiger partial charge on any atom is 0.525 e. The lowest BCUT2D eigenvalue weighted by Crippen LogP contribution is -2.37. The van der Waals surface area contributed by atoms with Crippen LogP contribution in [0.3, 0.4) is 0 Å². The quantitative estimate of drug-likeness (QED) is 0.264. The Morgan fingerprint density at radius 3 is 1.15 bits per heavy atom. The number of carbonyl (C=O) groups is 4. The van der Waals surface area contributed by atoms with Crippen LogP contribution in [-0.2, 0) is 34.2 Å². The van der Waals surface area contributed by atoms with Gasteiger partial charge < -0.3 is 0 Å². The molecule has 220 valence electrons. The van der Waals surface area contributed by atoms with E-state index in [0.717, 1.165) is 24.3 Å². The van der Waals surface area contributed by atoms with Gasteiger partial charge in [0.25, 0.3) is 23.6 Å². The molecule has 0 radical (unpaired) electrons. The first-order chi connectivity index (χ1) is 18.5. The topological polar surface area (TPSA) is 161 Å². The van der Waals surface area contributed by atoms with Crippen LogP contribution in [0.4, 0.5) is 26.3 Å². The van der Waals surface area contributed by atoms with E-state index in [0.29, 0.717) is 0 Å². The minimum absolute atomic E-state index is 0.155. The number of alkyl halides is 6. The van der Waals surface area contributed by atoms with Crippen molar-refractivity contribution in [2.24, 2.45) is 0 Å². The van der Waals surface area contributed by atoms with E-state index >= 15 is 0 Å². The largest absolute Gasteiger partial charge is 0.525 e. The van der Waals surface area contributed by atoms with E-state index in [1.165, 1.54) is 26.0 Å². The van der Waals surface area contributed by atoms with Crippen LogP contribution < -0.4 is 0 Å². The van der Waals surface area contributed by atoms with Crippen LogP contribution in [0.2, 0.25) is 0 Å². The first kappa shape index (κ1) is 30.1. The Labute approximate surface area is 225 Å². The zero-order valence-electron chi connectivity index (χ0n) is 20.0. The average molecular weight is 630 g/mol. The Morgan fingerprint density at radius 2 is 0.854 bits per heavy atom. The number of hydrogen-bond donors (Lipinski definition) is 0. The van der Waals surface area contributed by atoms with Crippen LogP contribution in [0.1, 0.15) is 66.4 Å².